The number of hydrogen-bond donors (Lipinski definition) is 1. The van der Waals surface area contributed by atoms with Gasteiger partial charge in [-0.25, -0.2) is 9.37 Å². The van der Waals surface area contributed by atoms with E-state index < -0.39 is 5.82 Å². The normalized spacial score (nSPS) is 12.5. The number of methoxy groups -OCH3 is 1. The second-order valence-corrected chi connectivity index (χ2v) is 6.95. The Kier molecular flexibility index (Phi) is 5.12. The van der Waals surface area contributed by atoms with Crippen molar-refractivity contribution in [1.29, 1.82) is 0 Å². The average molecular weight is 400 g/mol. The Morgan fingerprint density at radius 3 is 2.82 bits per heavy atom. The fourth-order valence-corrected chi connectivity index (χ4v) is 3.57. The zero-order chi connectivity index (χ0) is 19.5. The Hall–Kier alpha value is -3.13. The minimum Gasteiger partial charge on any atom is -0.494 e. The van der Waals surface area contributed by atoms with Gasteiger partial charge < -0.3 is 19.5 Å². The molecule has 3 aromatic rings. The van der Waals surface area contributed by atoms with Crippen molar-refractivity contribution in [2.75, 3.05) is 25.6 Å². The molecule has 4 rings (SSSR count). The van der Waals surface area contributed by atoms with E-state index in [1.54, 1.807) is 23.6 Å². The van der Waals surface area contributed by atoms with Gasteiger partial charge in [0.05, 0.1) is 19.2 Å². The third-order valence-electron chi connectivity index (χ3n) is 4.17. The van der Waals surface area contributed by atoms with E-state index in [4.69, 9.17) is 14.2 Å². The smallest absolute Gasteiger partial charge is 0.230 e. The number of nitrogens with zero attached hydrogens (tertiary/aromatic N) is 1. The molecule has 144 valence electrons. The molecule has 0 spiro atoms. The van der Waals surface area contributed by atoms with E-state index in [1.807, 2.05) is 12.1 Å². The topological polar surface area (TPSA) is 69.7 Å². The number of fused-ring (bicyclic) bond motifs is 1. The molecule has 8 heteroatoms. The SMILES string of the molecule is COc1ccc(-c2csc(NC(=O)Cc3ccc4c(c3)OCCO4)n2)cc1F. The second-order valence-electron chi connectivity index (χ2n) is 6.09. The number of benzene rings is 2. The molecule has 1 aliphatic heterocycles. The van der Waals surface area contributed by atoms with E-state index in [1.165, 1.54) is 24.5 Å². The summed E-state index contributed by atoms with van der Waals surface area (Å²) in [5.41, 5.74) is 2.01. The number of aromatic nitrogens is 1. The van der Waals surface area contributed by atoms with E-state index in [-0.39, 0.29) is 18.1 Å². The Morgan fingerprint density at radius 1 is 1.21 bits per heavy atom. The van der Waals surface area contributed by atoms with Gasteiger partial charge in [-0.1, -0.05) is 6.07 Å². The molecular formula is C20H17FN2O4S. The van der Waals surface area contributed by atoms with Gasteiger partial charge in [0.15, 0.2) is 28.2 Å². The summed E-state index contributed by atoms with van der Waals surface area (Å²) in [5, 5.41) is 4.99. The maximum Gasteiger partial charge on any atom is 0.230 e. The molecule has 1 aromatic heterocycles. The van der Waals surface area contributed by atoms with E-state index in [2.05, 4.69) is 10.3 Å². The van der Waals surface area contributed by atoms with Gasteiger partial charge in [0, 0.05) is 10.9 Å². The maximum atomic E-state index is 13.9. The Bertz CT molecular complexity index is 1020. The minimum atomic E-state index is -0.461. The Balaban J connectivity index is 1.42. The third kappa shape index (κ3) is 3.91. The number of halogens is 1. The van der Waals surface area contributed by atoms with Crippen molar-refractivity contribution < 1.29 is 23.4 Å². The molecular weight excluding hydrogens is 383 g/mol. The van der Waals surface area contributed by atoms with Crippen LogP contribution in [0.3, 0.4) is 0 Å². The van der Waals surface area contributed by atoms with Crippen LogP contribution in [-0.2, 0) is 11.2 Å². The van der Waals surface area contributed by atoms with Crippen LogP contribution in [0, 0.1) is 5.82 Å². The summed E-state index contributed by atoms with van der Waals surface area (Å²) in [4.78, 5) is 16.7. The summed E-state index contributed by atoms with van der Waals surface area (Å²) in [5.74, 6) is 0.851. The first-order valence-corrected chi connectivity index (χ1v) is 9.48. The van der Waals surface area contributed by atoms with Crippen LogP contribution < -0.4 is 19.5 Å². The van der Waals surface area contributed by atoms with Crippen molar-refractivity contribution in [1.82, 2.24) is 4.98 Å². The Morgan fingerprint density at radius 2 is 2.04 bits per heavy atom. The molecule has 0 saturated heterocycles. The predicted octanol–water partition coefficient (Wildman–Crippen LogP) is 3.91. The van der Waals surface area contributed by atoms with Crippen LogP contribution in [0.2, 0.25) is 0 Å². The maximum absolute atomic E-state index is 13.9. The lowest BCUT2D eigenvalue weighted by molar-refractivity contribution is -0.115. The van der Waals surface area contributed by atoms with Crippen LogP contribution in [0.5, 0.6) is 17.2 Å². The molecule has 0 atom stereocenters. The molecule has 0 radical (unpaired) electrons. The summed E-state index contributed by atoms with van der Waals surface area (Å²) in [7, 11) is 1.41. The van der Waals surface area contributed by atoms with Crippen molar-refractivity contribution in [2.45, 2.75) is 6.42 Å². The lowest BCUT2D eigenvalue weighted by atomic mass is 10.1. The molecule has 1 N–H and O–H groups in total. The molecule has 1 amide bonds. The molecule has 28 heavy (non-hydrogen) atoms. The van der Waals surface area contributed by atoms with Gasteiger partial charge in [-0.05, 0) is 35.9 Å². The van der Waals surface area contributed by atoms with Crippen molar-refractivity contribution in [3.8, 4) is 28.5 Å². The zero-order valence-corrected chi connectivity index (χ0v) is 15.8. The lowest BCUT2D eigenvalue weighted by Gasteiger charge is -2.18. The number of hydrogen-bond acceptors (Lipinski definition) is 6. The van der Waals surface area contributed by atoms with Gasteiger partial charge in [-0.15, -0.1) is 11.3 Å². The number of ether oxygens (including phenoxy) is 3. The van der Waals surface area contributed by atoms with Crippen molar-refractivity contribution in [3.63, 3.8) is 0 Å². The van der Waals surface area contributed by atoms with Gasteiger partial charge in [0.1, 0.15) is 13.2 Å². The zero-order valence-electron chi connectivity index (χ0n) is 15.0. The first kappa shape index (κ1) is 18.2. The Labute approximate surface area is 164 Å². The monoisotopic (exact) mass is 400 g/mol. The predicted molar refractivity (Wildman–Crippen MR) is 104 cm³/mol. The largest absolute Gasteiger partial charge is 0.494 e. The van der Waals surface area contributed by atoms with E-state index in [0.29, 0.717) is 41.1 Å². The first-order chi connectivity index (χ1) is 13.6. The van der Waals surface area contributed by atoms with E-state index in [0.717, 1.165) is 5.56 Å². The third-order valence-corrected chi connectivity index (χ3v) is 4.93. The average Bonchev–Trinajstić information content (AvgIpc) is 3.16. The molecule has 0 fully saturated rings. The highest BCUT2D eigenvalue weighted by molar-refractivity contribution is 7.14. The van der Waals surface area contributed by atoms with Crippen molar-refractivity contribution in [2.24, 2.45) is 0 Å². The van der Waals surface area contributed by atoms with Crippen LogP contribution in [-0.4, -0.2) is 31.2 Å². The highest BCUT2D eigenvalue weighted by atomic mass is 32.1. The molecule has 0 saturated carbocycles. The molecule has 0 bridgehead atoms. The number of anilines is 1. The highest BCUT2D eigenvalue weighted by Crippen LogP contribution is 2.31. The van der Waals surface area contributed by atoms with Crippen LogP contribution in [0.25, 0.3) is 11.3 Å². The van der Waals surface area contributed by atoms with Crippen LogP contribution >= 0.6 is 11.3 Å². The molecule has 0 unspecified atom stereocenters. The van der Waals surface area contributed by atoms with Crippen LogP contribution in [0.1, 0.15) is 5.56 Å². The van der Waals surface area contributed by atoms with Gasteiger partial charge in [-0.2, -0.15) is 0 Å². The summed E-state index contributed by atoms with van der Waals surface area (Å²) >= 11 is 1.28. The van der Waals surface area contributed by atoms with Gasteiger partial charge in [-0.3, -0.25) is 4.79 Å². The fourth-order valence-electron chi connectivity index (χ4n) is 2.84. The van der Waals surface area contributed by atoms with Gasteiger partial charge in [0.25, 0.3) is 0 Å². The number of amides is 1. The molecule has 2 heterocycles. The standard InChI is InChI=1S/C20H17FN2O4S/c1-25-16-5-3-13(10-14(16)21)15-11-28-20(22-15)23-19(24)9-12-2-4-17-18(8-12)27-7-6-26-17/h2-5,8,10-11H,6-7,9H2,1H3,(H,22,23,24). The highest BCUT2D eigenvalue weighted by Gasteiger charge is 2.14. The van der Waals surface area contributed by atoms with Crippen LogP contribution in [0.15, 0.2) is 41.8 Å². The number of thiazole rings is 1. The second kappa shape index (κ2) is 7.85. The number of rotatable bonds is 5. The van der Waals surface area contributed by atoms with Crippen molar-refractivity contribution >= 4 is 22.4 Å². The summed E-state index contributed by atoms with van der Waals surface area (Å²) in [6, 6.07) is 10.1. The molecule has 6 nitrogen and oxygen atoms in total. The first-order valence-electron chi connectivity index (χ1n) is 8.60. The van der Waals surface area contributed by atoms with E-state index in [9.17, 15) is 9.18 Å². The van der Waals surface area contributed by atoms with Gasteiger partial charge >= 0.3 is 0 Å². The van der Waals surface area contributed by atoms with Crippen LogP contribution in [0.4, 0.5) is 9.52 Å². The number of carbonyl (C=O) groups excluding carboxylic acids is 1. The van der Waals surface area contributed by atoms with E-state index >= 15 is 0 Å². The molecule has 2 aromatic carbocycles. The summed E-state index contributed by atoms with van der Waals surface area (Å²) in [6.07, 6.45) is 0.183. The quantitative estimate of drug-likeness (QED) is 0.703. The summed E-state index contributed by atoms with van der Waals surface area (Å²) in [6.45, 7) is 1.02. The van der Waals surface area contributed by atoms with Gasteiger partial charge in [0.2, 0.25) is 5.91 Å². The minimum absolute atomic E-state index is 0.173. The molecule has 1 aliphatic rings. The lowest BCUT2D eigenvalue weighted by Crippen LogP contribution is -2.17. The number of nitrogens with one attached hydrogen (secondary N) is 1. The van der Waals surface area contributed by atoms with Crippen molar-refractivity contribution in [3.05, 3.63) is 53.2 Å². The number of carbonyl (C=O) groups is 1. The fraction of sp³-hybridized carbons (Fsp3) is 0.200. The summed E-state index contributed by atoms with van der Waals surface area (Å²) < 4.78 is 29.8. The molecule has 0 aliphatic carbocycles.